The number of hydrogen-bond donors (Lipinski definition) is 0. The van der Waals surface area contributed by atoms with E-state index in [9.17, 15) is 9.59 Å². The van der Waals surface area contributed by atoms with Crippen LogP contribution in [0.1, 0.15) is 5.56 Å². The first-order chi connectivity index (χ1) is 9.02. The van der Waals surface area contributed by atoms with Crippen LogP contribution >= 0.6 is 15.9 Å². The average Bonchev–Trinajstić information content (AvgIpc) is 2.41. The summed E-state index contributed by atoms with van der Waals surface area (Å²) < 4.78 is 8.52. The zero-order valence-electron chi connectivity index (χ0n) is 10.6. The number of nitrogens with zero attached hydrogens (tertiary/aromatic N) is 2. The van der Waals surface area contributed by atoms with Gasteiger partial charge in [0, 0.05) is 23.8 Å². The lowest BCUT2D eigenvalue weighted by atomic mass is 10.2. The number of ether oxygens (including phenoxy) is 1. The van der Waals surface area contributed by atoms with Gasteiger partial charge in [0.05, 0.1) is 13.7 Å². The maximum atomic E-state index is 11.9. The van der Waals surface area contributed by atoms with Crippen LogP contribution in [-0.4, -0.2) is 16.2 Å². The van der Waals surface area contributed by atoms with Gasteiger partial charge in [-0.15, -0.1) is 0 Å². The molecular weight excluding hydrogens is 312 g/mol. The van der Waals surface area contributed by atoms with Crippen LogP contribution in [0.15, 0.2) is 44.5 Å². The molecule has 0 amide bonds. The summed E-state index contributed by atoms with van der Waals surface area (Å²) in [6, 6.07) is 6.80. The summed E-state index contributed by atoms with van der Waals surface area (Å²) in [5, 5.41) is 0. The van der Waals surface area contributed by atoms with E-state index in [1.54, 1.807) is 26.3 Å². The SMILES string of the molecule is COc1ccc(Br)c(Cn2c(=O)ccn(C)c2=O)c1. The van der Waals surface area contributed by atoms with E-state index in [1.807, 2.05) is 6.07 Å². The second-order valence-corrected chi connectivity index (χ2v) is 4.95. The first-order valence-corrected chi connectivity index (χ1v) is 6.41. The van der Waals surface area contributed by atoms with Crippen LogP contribution in [0.2, 0.25) is 0 Å². The second-order valence-electron chi connectivity index (χ2n) is 4.09. The summed E-state index contributed by atoms with van der Waals surface area (Å²) >= 11 is 3.40. The molecule has 0 spiro atoms. The van der Waals surface area contributed by atoms with Gasteiger partial charge >= 0.3 is 5.69 Å². The van der Waals surface area contributed by atoms with Crippen molar-refractivity contribution in [2.24, 2.45) is 7.05 Å². The normalized spacial score (nSPS) is 10.5. The quantitative estimate of drug-likeness (QED) is 0.856. The first kappa shape index (κ1) is 13.6. The number of benzene rings is 1. The van der Waals surface area contributed by atoms with Gasteiger partial charge in [0.15, 0.2) is 0 Å². The third kappa shape index (κ3) is 2.78. The van der Waals surface area contributed by atoms with Crippen molar-refractivity contribution in [2.75, 3.05) is 7.11 Å². The van der Waals surface area contributed by atoms with Crippen LogP contribution in [0.5, 0.6) is 5.75 Å². The molecule has 0 fully saturated rings. The molecule has 2 rings (SSSR count). The Balaban J connectivity index is 2.50. The summed E-state index contributed by atoms with van der Waals surface area (Å²) in [5.41, 5.74) is 0.143. The lowest BCUT2D eigenvalue weighted by Gasteiger charge is -2.09. The van der Waals surface area contributed by atoms with Crippen LogP contribution in [-0.2, 0) is 13.6 Å². The van der Waals surface area contributed by atoms with Crippen molar-refractivity contribution in [1.29, 1.82) is 0 Å². The van der Waals surface area contributed by atoms with Gasteiger partial charge in [-0.05, 0) is 23.8 Å². The molecule has 0 aliphatic carbocycles. The van der Waals surface area contributed by atoms with Crippen LogP contribution in [0.4, 0.5) is 0 Å². The monoisotopic (exact) mass is 324 g/mol. The van der Waals surface area contributed by atoms with Crippen molar-refractivity contribution in [3.63, 3.8) is 0 Å². The zero-order valence-corrected chi connectivity index (χ0v) is 12.2. The minimum absolute atomic E-state index is 0.199. The van der Waals surface area contributed by atoms with Gasteiger partial charge in [0.1, 0.15) is 5.75 Å². The fourth-order valence-electron chi connectivity index (χ4n) is 1.73. The van der Waals surface area contributed by atoms with Gasteiger partial charge in [-0.3, -0.25) is 9.36 Å². The maximum Gasteiger partial charge on any atom is 0.331 e. The highest BCUT2D eigenvalue weighted by Gasteiger charge is 2.08. The fourth-order valence-corrected chi connectivity index (χ4v) is 2.10. The third-order valence-electron chi connectivity index (χ3n) is 2.82. The van der Waals surface area contributed by atoms with Crippen LogP contribution in [0, 0.1) is 0 Å². The summed E-state index contributed by atoms with van der Waals surface area (Å²) in [4.78, 5) is 23.7. The predicted octanol–water partition coefficient (Wildman–Crippen LogP) is 1.37. The minimum atomic E-state index is -0.345. The van der Waals surface area contributed by atoms with E-state index in [4.69, 9.17) is 4.74 Å². The molecule has 0 bridgehead atoms. The fraction of sp³-hybridized carbons (Fsp3) is 0.231. The number of halogens is 1. The molecule has 100 valence electrons. The summed E-state index contributed by atoms with van der Waals surface area (Å²) in [7, 11) is 3.18. The molecule has 5 nitrogen and oxygen atoms in total. The number of methoxy groups -OCH3 is 1. The summed E-state index contributed by atoms with van der Waals surface area (Å²) in [6.07, 6.45) is 1.46. The Hall–Kier alpha value is -1.82. The molecule has 6 heteroatoms. The molecule has 19 heavy (non-hydrogen) atoms. The highest BCUT2D eigenvalue weighted by atomic mass is 79.9. The third-order valence-corrected chi connectivity index (χ3v) is 3.59. The largest absolute Gasteiger partial charge is 0.497 e. The standard InChI is InChI=1S/C13H13BrN2O3/c1-15-6-5-12(17)16(13(15)18)8-9-7-10(19-2)3-4-11(9)14/h3-7H,8H2,1-2H3. The van der Waals surface area contributed by atoms with E-state index in [1.165, 1.54) is 21.4 Å². The number of rotatable bonds is 3. The van der Waals surface area contributed by atoms with Crippen molar-refractivity contribution in [2.45, 2.75) is 6.54 Å². The van der Waals surface area contributed by atoms with Gasteiger partial charge in [-0.2, -0.15) is 0 Å². The summed E-state index contributed by atoms with van der Waals surface area (Å²) in [5.74, 6) is 0.680. The molecule has 0 aliphatic rings. The van der Waals surface area contributed by atoms with Crippen molar-refractivity contribution >= 4 is 15.9 Å². The minimum Gasteiger partial charge on any atom is -0.497 e. The van der Waals surface area contributed by atoms with E-state index in [0.29, 0.717) is 5.75 Å². The zero-order chi connectivity index (χ0) is 14.0. The Labute approximate surface area is 118 Å². The molecule has 0 N–H and O–H groups in total. The highest BCUT2D eigenvalue weighted by molar-refractivity contribution is 9.10. The molecule has 0 unspecified atom stereocenters. The Morgan fingerprint density at radius 1 is 1.26 bits per heavy atom. The number of aromatic nitrogens is 2. The highest BCUT2D eigenvalue weighted by Crippen LogP contribution is 2.22. The number of aryl methyl sites for hydroxylation is 1. The molecule has 1 aromatic carbocycles. The van der Waals surface area contributed by atoms with E-state index < -0.39 is 0 Å². The Kier molecular flexibility index (Phi) is 3.90. The Morgan fingerprint density at radius 2 is 2.00 bits per heavy atom. The molecule has 2 aromatic rings. The Morgan fingerprint density at radius 3 is 2.68 bits per heavy atom. The number of hydrogen-bond acceptors (Lipinski definition) is 3. The molecule has 1 aromatic heterocycles. The van der Waals surface area contributed by atoms with E-state index >= 15 is 0 Å². The van der Waals surface area contributed by atoms with Crippen molar-refractivity contribution < 1.29 is 4.74 Å². The predicted molar refractivity (Wildman–Crippen MR) is 75.7 cm³/mol. The van der Waals surface area contributed by atoms with Gasteiger partial charge in [0.2, 0.25) is 0 Å². The molecule has 0 radical (unpaired) electrons. The summed E-state index contributed by atoms with van der Waals surface area (Å²) in [6.45, 7) is 0.199. The molecular formula is C13H13BrN2O3. The van der Waals surface area contributed by atoms with E-state index in [0.717, 1.165) is 10.0 Å². The lowest BCUT2D eigenvalue weighted by molar-refractivity contribution is 0.414. The molecule has 1 heterocycles. The van der Waals surface area contributed by atoms with Crippen LogP contribution in [0.25, 0.3) is 0 Å². The molecule has 0 saturated heterocycles. The Bertz CT molecular complexity index is 719. The van der Waals surface area contributed by atoms with E-state index in [-0.39, 0.29) is 17.8 Å². The average molecular weight is 325 g/mol. The van der Waals surface area contributed by atoms with Crippen molar-refractivity contribution in [3.05, 3.63) is 61.3 Å². The topological polar surface area (TPSA) is 53.2 Å². The maximum absolute atomic E-state index is 11.9. The van der Waals surface area contributed by atoms with Crippen LogP contribution in [0.3, 0.4) is 0 Å². The smallest absolute Gasteiger partial charge is 0.331 e. The van der Waals surface area contributed by atoms with Gasteiger partial charge < -0.3 is 9.30 Å². The molecule has 0 saturated carbocycles. The molecule has 0 aliphatic heterocycles. The van der Waals surface area contributed by atoms with Crippen LogP contribution < -0.4 is 16.0 Å². The van der Waals surface area contributed by atoms with Gasteiger partial charge in [-0.1, -0.05) is 15.9 Å². The van der Waals surface area contributed by atoms with Gasteiger partial charge in [-0.25, -0.2) is 4.79 Å². The van der Waals surface area contributed by atoms with Crippen molar-refractivity contribution in [1.82, 2.24) is 9.13 Å². The van der Waals surface area contributed by atoms with Crippen molar-refractivity contribution in [3.8, 4) is 5.75 Å². The lowest BCUT2D eigenvalue weighted by Crippen LogP contribution is -2.38. The first-order valence-electron chi connectivity index (χ1n) is 5.62. The molecule has 0 atom stereocenters. The second kappa shape index (κ2) is 5.44. The van der Waals surface area contributed by atoms with E-state index in [2.05, 4.69) is 15.9 Å². The van der Waals surface area contributed by atoms with Gasteiger partial charge in [0.25, 0.3) is 5.56 Å².